The van der Waals surface area contributed by atoms with Gasteiger partial charge in [-0.05, 0) is 11.6 Å². The molecule has 0 spiro atoms. The van der Waals surface area contributed by atoms with E-state index in [2.05, 4.69) is 15.5 Å². The van der Waals surface area contributed by atoms with Crippen molar-refractivity contribution in [1.29, 1.82) is 0 Å². The highest BCUT2D eigenvalue weighted by molar-refractivity contribution is 7.89. The van der Waals surface area contributed by atoms with E-state index in [0.29, 0.717) is 10.0 Å². The SMILES string of the molecule is CN(Cc1ccccc1)S(=O)(=O)c1csc(C(=O)Nc2nncs2)c1. The Labute approximate surface area is 153 Å². The maximum Gasteiger partial charge on any atom is 0.267 e. The second-order valence-corrected chi connectivity index (χ2v) is 8.88. The van der Waals surface area contributed by atoms with Crippen LogP contribution in [0.4, 0.5) is 5.13 Å². The molecule has 0 bridgehead atoms. The summed E-state index contributed by atoms with van der Waals surface area (Å²) in [5.41, 5.74) is 2.39. The fourth-order valence-corrected chi connectivity index (χ4v) is 4.82. The lowest BCUT2D eigenvalue weighted by Gasteiger charge is -2.16. The van der Waals surface area contributed by atoms with Crippen molar-refractivity contribution in [2.75, 3.05) is 12.4 Å². The first-order valence-electron chi connectivity index (χ1n) is 7.13. The van der Waals surface area contributed by atoms with Crippen LogP contribution in [0.3, 0.4) is 0 Å². The largest absolute Gasteiger partial charge is 0.296 e. The van der Waals surface area contributed by atoms with Crippen molar-refractivity contribution in [2.45, 2.75) is 11.4 Å². The van der Waals surface area contributed by atoms with Gasteiger partial charge in [-0.15, -0.1) is 21.5 Å². The molecule has 0 aliphatic heterocycles. The van der Waals surface area contributed by atoms with E-state index in [1.54, 1.807) is 0 Å². The first-order valence-corrected chi connectivity index (χ1v) is 10.3. The summed E-state index contributed by atoms with van der Waals surface area (Å²) < 4.78 is 26.6. The third kappa shape index (κ3) is 4.10. The fourth-order valence-electron chi connectivity index (χ4n) is 2.06. The van der Waals surface area contributed by atoms with Gasteiger partial charge in [-0.2, -0.15) is 4.31 Å². The molecule has 1 aromatic carbocycles. The molecule has 130 valence electrons. The van der Waals surface area contributed by atoms with Crippen LogP contribution in [0.5, 0.6) is 0 Å². The number of sulfonamides is 1. The van der Waals surface area contributed by atoms with E-state index in [-0.39, 0.29) is 11.4 Å². The van der Waals surface area contributed by atoms with Crippen LogP contribution in [0, 0.1) is 0 Å². The number of rotatable bonds is 6. The molecular weight excluding hydrogens is 380 g/mol. The lowest BCUT2D eigenvalue weighted by atomic mass is 10.2. The van der Waals surface area contributed by atoms with Crippen molar-refractivity contribution in [3.63, 3.8) is 0 Å². The van der Waals surface area contributed by atoms with Gasteiger partial charge in [0.2, 0.25) is 15.2 Å². The van der Waals surface area contributed by atoms with Gasteiger partial charge < -0.3 is 0 Å². The summed E-state index contributed by atoms with van der Waals surface area (Å²) in [5, 5.41) is 11.8. The zero-order valence-electron chi connectivity index (χ0n) is 13.1. The molecule has 0 aliphatic carbocycles. The third-order valence-electron chi connectivity index (χ3n) is 3.34. The number of aromatic nitrogens is 2. The van der Waals surface area contributed by atoms with Crippen LogP contribution in [0.15, 0.2) is 52.2 Å². The minimum absolute atomic E-state index is 0.0957. The number of thiophene rings is 1. The zero-order chi connectivity index (χ0) is 17.9. The number of hydrogen-bond acceptors (Lipinski definition) is 7. The molecule has 10 heteroatoms. The molecule has 1 amide bonds. The molecule has 0 atom stereocenters. The molecular formula is C15H14N4O3S3. The molecule has 0 unspecified atom stereocenters. The average Bonchev–Trinajstić information content (AvgIpc) is 3.27. The molecule has 0 fully saturated rings. The van der Waals surface area contributed by atoms with Crippen LogP contribution in [-0.4, -0.2) is 35.9 Å². The zero-order valence-corrected chi connectivity index (χ0v) is 15.6. The summed E-state index contributed by atoms with van der Waals surface area (Å²) in [6.07, 6.45) is 0. The maximum absolute atomic E-state index is 12.7. The highest BCUT2D eigenvalue weighted by atomic mass is 32.2. The quantitative estimate of drug-likeness (QED) is 0.694. The monoisotopic (exact) mass is 394 g/mol. The third-order valence-corrected chi connectivity index (χ3v) is 6.80. The van der Waals surface area contributed by atoms with Gasteiger partial charge >= 0.3 is 0 Å². The lowest BCUT2D eigenvalue weighted by molar-refractivity contribution is 0.103. The summed E-state index contributed by atoms with van der Waals surface area (Å²) in [7, 11) is -2.16. The van der Waals surface area contributed by atoms with Crippen LogP contribution in [0.1, 0.15) is 15.2 Å². The molecule has 3 aromatic rings. The Balaban J connectivity index is 1.74. The molecule has 0 aliphatic rings. The van der Waals surface area contributed by atoms with Gasteiger partial charge in [-0.1, -0.05) is 41.7 Å². The van der Waals surface area contributed by atoms with E-state index >= 15 is 0 Å². The maximum atomic E-state index is 12.7. The highest BCUT2D eigenvalue weighted by Crippen LogP contribution is 2.24. The lowest BCUT2D eigenvalue weighted by Crippen LogP contribution is -2.26. The second kappa shape index (κ2) is 7.40. The van der Waals surface area contributed by atoms with E-state index in [4.69, 9.17) is 0 Å². The summed E-state index contributed by atoms with van der Waals surface area (Å²) in [5.74, 6) is -0.408. The summed E-state index contributed by atoms with van der Waals surface area (Å²) >= 11 is 2.26. The molecule has 7 nitrogen and oxygen atoms in total. The van der Waals surface area contributed by atoms with Crippen LogP contribution >= 0.6 is 22.7 Å². The summed E-state index contributed by atoms with van der Waals surface area (Å²) in [6, 6.07) is 10.7. The molecule has 25 heavy (non-hydrogen) atoms. The molecule has 2 aromatic heterocycles. The minimum atomic E-state index is -3.67. The van der Waals surface area contributed by atoms with Gasteiger partial charge in [0, 0.05) is 19.0 Å². The van der Waals surface area contributed by atoms with Crippen molar-refractivity contribution < 1.29 is 13.2 Å². The van der Waals surface area contributed by atoms with E-state index in [1.165, 1.54) is 39.6 Å². The standard InChI is InChI=1S/C15H14N4O3S3/c1-19(8-11-5-3-2-4-6-11)25(21,22)12-7-13(23-9-12)14(20)17-15-18-16-10-24-15/h2-7,9-10H,8H2,1H3,(H,17,18,20). The van der Waals surface area contributed by atoms with Crippen molar-refractivity contribution in [3.8, 4) is 0 Å². The first-order chi connectivity index (χ1) is 12.0. The molecule has 0 saturated heterocycles. The summed E-state index contributed by atoms with van der Waals surface area (Å²) in [4.78, 5) is 12.5. The van der Waals surface area contributed by atoms with E-state index < -0.39 is 15.9 Å². The number of nitrogens with one attached hydrogen (secondary N) is 1. The Morgan fingerprint density at radius 2 is 2.00 bits per heavy atom. The Kier molecular flexibility index (Phi) is 5.23. The van der Waals surface area contributed by atoms with Gasteiger partial charge in [0.05, 0.1) is 9.77 Å². The predicted octanol–water partition coefficient (Wildman–Crippen LogP) is 2.67. The first kappa shape index (κ1) is 17.7. The number of hydrogen-bond donors (Lipinski definition) is 1. The Morgan fingerprint density at radius 3 is 2.68 bits per heavy atom. The van der Waals surface area contributed by atoms with Gasteiger partial charge in [0.25, 0.3) is 5.91 Å². The summed E-state index contributed by atoms with van der Waals surface area (Å²) in [6.45, 7) is 0.255. The van der Waals surface area contributed by atoms with Crippen LogP contribution < -0.4 is 5.32 Å². The number of carbonyl (C=O) groups is 1. The van der Waals surface area contributed by atoms with Gasteiger partial charge in [0.15, 0.2) is 0 Å². The highest BCUT2D eigenvalue weighted by Gasteiger charge is 2.24. The number of anilines is 1. The van der Waals surface area contributed by atoms with Gasteiger partial charge in [-0.3, -0.25) is 10.1 Å². The smallest absolute Gasteiger partial charge is 0.267 e. The number of benzene rings is 1. The molecule has 3 rings (SSSR count). The Morgan fingerprint density at radius 1 is 1.24 bits per heavy atom. The van der Waals surface area contributed by atoms with Crippen LogP contribution in [0.25, 0.3) is 0 Å². The average molecular weight is 395 g/mol. The van der Waals surface area contributed by atoms with Crippen molar-refractivity contribution in [1.82, 2.24) is 14.5 Å². The van der Waals surface area contributed by atoms with Crippen LogP contribution in [-0.2, 0) is 16.6 Å². The normalized spacial score (nSPS) is 11.6. The topological polar surface area (TPSA) is 92.3 Å². The number of carbonyl (C=O) groups excluding carboxylic acids is 1. The minimum Gasteiger partial charge on any atom is -0.296 e. The van der Waals surface area contributed by atoms with E-state index in [1.807, 2.05) is 30.3 Å². The van der Waals surface area contributed by atoms with Crippen LogP contribution in [0.2, 0.25) is 0 Å². The molecule has 0 saturated carbocycles. The van der Waals surface area contributed by atoms with Crippen molar-refractivity contribution in [2.24, 2.45) is 0 Å². The molecule has 2 heterocycles. The van der Waals surface area contributed by atoms with E-state index in [0.717, 1.165) is 16.9 Å². The van der Waals surface area contributed by atoms with Gasteiger partial charge in [-0.25, -0.2) is 8.42 Å². The molecule has 0 radical (unpaired) electrons. The Bertz CT molecular complexity index is 953. The number of amides is 1. The fraction of sp³-hybridized carbons (Fsp3) is 0.133. The molecule has 1 N–H and O–H groups in total. The Hall–Kier alpha value is -2.14. The van der Waals surface area contributed by atoms with E-state index in [9.17, 15) is 13.2 Å². The van der Waals surface area contributed by atoms with Gasteiger partial charge in [0.1, 0.15) is 5.51 Å². The van der Waals surface area contributed by atoms with Crippen molar-refractivity contribution >= 4 is 43.7 Å². The van der Waals surface area contributed by atoms with Crippen molar-refractivity contribution in [3.05, 3.63) is 57.7 Å². The number of nitrogens with zero attached hydrogens (tertiary/aromatic N) is 3. The second-order valence-electron chi connectivity index (χ2n) is 5.09. The predicted molar refractivity (Wildman–Crippen MR) is 97.3 cm³/mol.